The van der Waals surface area contributed by atoms with E-state index in [1.54, 1.807) is 0 Å². The molecular formula is C15H17IN2O2. The van der Waals surface area contributed by atoms with Crippen LogP contribution >= 0.6 is 22.6 Å². The highest BCUT2D eigenvalue weighted by Crippen LogP contribution is 2.34. The van der Waals surface area contributed by atoms with Gasteiger partial charge in [-0.05, 0) is 72.4 Å². The van der Waals surface area contributed by atoms with Crippen molar-refractivity contribution in [2.45, 2.75) is 38.3 Å². The number of hydrogen-bond donors (Lipinski definition) is 0. The van der Waals surface area contributed by atoms with Crippen molar-refractivity contribution in [3.05, 3.63) is 21.4 Å². The second kappa shape index (κ2) is 5.18. The van der Waals surface area contributed by atoms with Gasteiger partial charge in [0.2, 0.25) is 0 Å². The van der Waals surface area contributed by atoms with Gasteiger partial charge in [0.25, 0.3) is 0 Å². The number of aryl methyl sites for hydroxylation is 1. The maximum absolute atomic E-state index is 5.90. The van der Waals surface area contributed by atoms with Crippen LogP contribution in [0, 0.1) is 3.70 Å². The van der Waals surface area contributed by atoms with Crippen molar-refractivity contribution in [2.24, 2.45) is 0 Å². The zero-order valence-electron chi connectivity index (χ0n) is 11.3. The van der Waals surface area contributed by atoms with E-state index in [1.807, 2.05) is 0 Å². The van der Waals surface area contributed by atoms with Crippen molar-refractivity contribution < 1.29 is 9.47 Å². The Bertz CT molecular complexity index is 647. The molecule has 2 aliphatic heterocycles. The first-order valence-electron chi connectivity index (χ1n) is 7.28. The van der Waals surface area contributed by atoms with Gasteiger partial charge in [-0.25, -0.2) is 4.68 Å². The summed E-state index contributed by atoms with van der Waals surface area (Å²) in [5.41, 5.74) is 2.49. The number of benzene rings is 1. The minimum Gasteiger partial charge on any atom is -0.493 e. The molecule has 4 rings (SSSR count). The third-order valence-electron chi connectivity index (χ3n) is 4.12. The Morgan fingerprint density at radius 3 is 3.00 bits per heavy atom. The summed E-state index contributed by atoms with van der Waals surface area (Å²) in [5, 5.41) is 5.89. The molecule has 1 unspecified atom stereocenters. The van der Waals surface area contributed by atoms with Crippen LogP contribution in [0.5, 0.6) is 5.75 Å². The van der Waals surface area contributed by atoms with Crippen LogP contribution in [-0.4, -0.2) is 23.0 Å². The number of hydrogen-bond acceptors (Lipinski definition) is 3. The molecule has 1 aromatic heterocycles. The van der Waals surface area contributed by atoms with Gasteiger partial charge in [0, 0.05) is 12.0 Å². The molecule has 1 fully saturated rings. The van der Waals surface area contributed by atoms with Gasteiger partial charge < -0.3 is 9.47 Å². The first-order valence-corrected chi connectivity index (χ1v) is 8.36. The second-order valence-corrected chi connectivity index (χ2v) is 6.51. The standard InChI is InChI=1S/C15H17IN2O2/c16-15-11-9-13-10(4-3-7-19-13)8-12(11)18(17-15)14-5-1-2-6-20-14/h8-9,14H,1-7H2. The molecule has 0 aliphatic carbocycles. The van der Waals surface area contributed by atoms with Crippen molar-refractivity contribution in [2.75, 3.05) is 13.2 Å². The van der Waals surface area contributed by atoms with Crippen LogP contribution in [0.1, 0.15) is 37.5 Å². The third-order valence-corrected chi connectivity index (χ3v) is 4.92. The molecule has 106 valence electrons. The first-order chi connectivity index (χ1) is 9.83. The number of rotatable bonds is 1. The van der Waals surface area contributed by atoms with Crippen molar-refractivity contribution >= 4 is 33.5 Å². The van der Waals surface area contributed by atoms with E-state index in [-0.39, 0.29) is 6.23 Å². The summed E-state index contributed by atoms with van der Waals surface area (Å²) < 4.78 is 14.8. The zero-order chi connectivity index (χ0) is 13.5. The Hall–Kier alpha value is -0.820. The summed E-state index contributed by atoms with van der Waals surface area (Å²) in [6.45, 7) is 1.67. The molecule has 1 aromatic carbocycles. The Kier molecular flexibility index (Phi) is 3.34. The SMILES string of the molecule is Ic1nn(C2CCCCO2)c2cc3c(cc12)OCCC3. The highest BCUT2D eigenvalue weighted by atomic mass is 127. The predicted molar refractivity (Wildman–Crippen MR) is 85.1 cm³/mol. The monoisotopic (exact) mass is 384 g/mol. The van der Waals surface area contributed by atoms with E-state index in [0.717, 1.165) is 48.3 Å². The fraction of sp³-hybridized carbons (Fsp3) is 0.533. The van der Waals surface area contributed by atoms with Gasteiger partial charge >= 0.3 is 0 Å². The van der Waals surface area contributed by atoms with Gasteiger partial charge in [-0.3, -0.25) is 0 Å². The fourth-order valence-corrected chi connectivity index (χ4v) is 3.74. The van der Waals surface area contributed by atoms with E-state index in [9.17, 15) is 0 Å². The topological polar surface area (TPSA) is 36.3 Å². The number of ether oxygens (including phenoxy) is 2. The summed E-state index contributed by atoms with van der Waals surface area (Å²) in [6, 6.07) is 4.40. The molecule has 1 atom stereocenters. The largest absolute Gasteiger partial charge is 0.493 e. The van der Waals surface area contributed by atoms with Crippen molar-refractivity contribution in [1.29, 1.82) is 0 Å². The molecule has 0 N–H and O–H groups in total. The molecule has 5 heteroatoms. The Balaban J connectivity index is 1.84. The molecule has 0 amide bonds. The Labute approximate surface area is 131 Å². The van der Waals surface area contributed by atoms with E-state index >= 15 is 0 Å². The summed E-state index contributed by atoms with van der Waals surface area (Å²) in [6.07, 6.45) is 5.73. The number of fused-ring (bicyclic) bond motifs is 2. The first kappa shape index (κ1) is 12.9. The van der Waals surface area contributed by atoms with Gasteiger partial charge in [0.05, 0.1) is 12.1 Å². The third kappa shape index (κ3) is 2.11. The quantitative estimate of drug-likeness (QED) is 0.705. The molecular weight excluding hydrogens is 367 g/mol. The lowest BCUT2D eigenvalue weighted by Crippen LogP contribution is -2.19. The van der Waals surface area contributed by atoms with Gasteiger partial charge in [0.15, 0.2) is 6.23 Å². The summed E-state index contributed by atoms with van der Waals surface area (Å²) in [7, 11) is 0. The average molecular weight is 384 g/mol. The van der Waals surface area contributed by atoms with Gasteiger partial charge in [-0.15, -0.1) is 0 Å². The minimum absolute atomic E-state index is 0.0947. The van der Waals surface area contributed by atoms with Crippen LogP contribution in [0.25, 0.3) is 10.9 Å². The zero-order valence-corrected chi connectivity index (χ0v) is 13.4. The summed E-state index contributed by atoms with van der Waals surface area (Å²) in [4.78, 5) is 0. The van der Waals surface area contributed by atoms with Crippen LogP contribution in [0.4, 0.5) is 0 Å². The van der Waals surface area contributed by atoms with Crippen molar-refractivity contribution in [3.63, 3.8) is 0 Å². The molecule has 0 spiro atoms. The molecule has 20 heavy (non-hydrogen) atoms. The van der Waals surface area contributed by atoms with E-state index in [2.05, 4.69) is 39.4 Å². The summed E-state index contributed by atoms with van der Waals surface area (Å²) >= 11 is 2.31. The predicted octanol–water partition coefficient (Wildman–Crippen LogP) is 3.67. The highest BCUT2D eigenvalue weighted by molar-refractivity contribution is 14.1. The fourth-order valence-electron chi connectivity index (χ4n) is 3.08. The Morgan fingerprint density at radius 2 is 2.15 bits per heavy atom. The van der Waals surface area contributed by atoms with Gasteiger partial charge in [-0.1, -0.05) is 0 Å². The molecule has 2 aliphatic rings. The smallest absolute Gasteiger partial charge is 0.150 e. The molecule has 3 heterocycles. The number of nitrogens with zero attached hydrogens (tertiary/aromatic N) is 2. The molecule has 0 radical (unpaired) electrons. The second-order valence-electron chi connectivity index (χ2n) is 5.49. The van der Waals surface area contributed by atoms with E-state index < -0.39 is 0 Å². The molecule has 0 bridgehead atoms. The number of aromatic nitrogens is 2. The van der Waals surface area contributed by atoms with Crippen LogP contribution in [0.15, 0.2) is 12.1 Å². The lowest BCUT2D eigenvalue weighted by atomic mass is 10.0. The maximum Gasteiger partial charge on any atom is 0.150 e. The lowest BCUT2D eigenvalue weighted by molar-refractivity contribution is -0.0368. The van der Waals surface area contributed by atoms with Gasteiger partial charge in [-0.2, -0.15) is 5.10 Å². The van der Waals surface area contributed by atoms with Crippen LogP contribution in [0.3, 0.4) is 0 Å². The molecule has 4 nitrogen and oxygen atoms in total. The van der Waals surface area contributed by atoms with Gasteiger partial charge in [0.1, 0.15) is 9.45 Å². The van der Waals surface area contributed by atoms with E-state index in [0.29, 0.717) is 0 Å². The van der Waals surface area contributed by atoms with Crippen LogP contribution in [0.2, 0.25) is 0 Å². The maximum atomic E-state index is 5.90. The lowest BCUT2D eigenvalue weighted by Gasteiger charge is -2.24. The normalized spacial score (nSPS) is 22.6. The van der Waals surface area contributed by atoms with E-state index in [1.165, 1.54) is 22.9 Å². The molecule has 0 saturated carbocycles. The number of halogens is 1. The molecule has 1 saturated heterocycles. The van der Waals surface area contributed by atoms with E-state index in [4.69, 9.17) is 14.6 Å². The van der Waals surface area contributed by atoms with Crippen LogP contribution < -0.4 is 4.74 Å². The Morgan fingerprint density at radius 1 is 1.20 bits per heavy atom. The average Bonchev–Trinajstić information content (AvgIpc) is 2.83. The molecule has 2 aromatic rings. The highest BCUT2D eigenvalue weighted by Gasteiger charge is 2.22. The summed E-state index contributed by atoms with van der Waals surface area (Å²) in [5.74, 6) is 1.03. The van der Waals surface area contributed by atoms with Crippen molar-refractivity contribution in [3.8, 4) is 5.75 Å². The van der Waals surface area contributed by atoms with Crippen molar-refractivity contribution in [1.82, 2.24) is 9.78 Å². The minimum atomic E-state index is 0.0947. The van der Waals surface area contributed by atoms with Crippen LogP contribution in [-0.2, 0) is 11.2 Å².